The van der Waals surface area contributed by atoms with Gasteiger partial charge in [-0.15, -0.1) is 0 Å². The summed E-state index contributed by atoms with van der Waals surface area (Å²) in [7, 11) is 0. The van der Waals surface area contributed by atoms with Crippen LogP contribution in [0.15, 0.2) is 0 Å². The average Bonchev–Trinajstić information content (AvgIpc) is 2.66. The second-order valence-electron chi connectivity index (χ2n) is 6.12. The van der Waals surface area contributed by atoms with E-state index in [1.165, 1.54) is 0 Å². The summed E-state index contributed by atoms with van der Waals surface area (Å²) >= 11 is 0. The van der Waals surface area contributed by atoms with Crippen LogP contribution in [0.3, 0.4) is 0 Å². The van der Waals surface area contributed by atoms with Gasteiger partial charge in [-0.3, -0.25) is 4.79 Å². The van der Waals surface area contributed by atoms with Crippen LogP contribution >= 0.6 is 0 Å². The standard InChI is InChI=1S/C15H25N3O/c1-9(2)18(10(3)4)15(19)12-6-7-13-14(8-12)17-11(5)16-13/h9-10,12H,6-8H2,1-5H3,(H,16,17). The van der Waals surface area contributed by atoms with E-state index in [1.807, 2.05) is 11.8 Å². The minimum absolute atomic E-state index is 0.108. The number of hydrogen-bond donors (Lipinski definition) is 1. The largest absolute Gasteiger partial charge is 0.346 e. The third kappa shape index (κ3) is 2.82. The molecule has 4 heteroatoms. The van der Waals surface area contributed by atoms with E-state index in [-0.39, 0.29) is 18.0 Å². The molecule has 1 heterocycles. The third-order valence-electron chi connectivity index (χ3n) is 3.88. The molecule has 1 aliphatic carbocycles. The minimum atomic E-state index is 0.108. The van der Waals surface area contributed by atoms with Crippen LogP contribution in [-0.2, 0) is 17.6 Å². The first-order valence-electron chi connectivity index (χ1n) is 7.26. The number of rotatable bonds is 3. The second-order valence-corrected chi connectivity index (χ2v) is 6.12. The minimum Gasteiger partial charge on any atom is -0.346 e. The Morgan fingerprint density at radius 3 is 2.53 bits per heavy atom. The van der Waals surface area contributed by atoms with Crippen molar-refractivity contribution < 1.29 is 4.79 Å². The number of carbonyl (C=O) groups excluding carboxylic acids is 1. The van der Waals surface area contributed by atoms with Gasteiger partial charge in [-0.05, 0) is 47.5 Å². The van der Waals surface area contributed by atoms with E-state index in [4.69, 9.17) is 0 Å². The molecular formula is C15H25N3O. The van der Waals surface area contributed by atoms with Crippen LogP contribution in [0, 0.1) is 12.8 Å². The zero-order chi connectivity index (χ0) is 14.2. The van der Waals surface area contributed by atoms with E-state index in [0.29, 0.717) is 5.91 Å². The van der Waals surface area contributed by atoms with Gasteiger partial charge in [0.05, 0.1) is 5.69 Å². The SMILES string of the molecule is Cc1nc2c([nH]1)CC(C(=O)N(C(C)C)C(C)C)CC2. The van der Waals surface area contributed by atoms with Gasteiger partial charge < -0.3 is 9.88 Å². The lowest BCUT2D eigenvalue weighted by atomic mass is 9.88. The van der Waals surface area contributed by atoms with Crippen LogP contribution in [0.1, 0.15) is 51.3 Å². The highest BCUT2D eigenvalue weighted by Crippen LogP contribution is 2.26. The monoisotopic (exact) mass is 263 g/mol. The van der Waals surface area contributed by atoms with Crippen molar-refractivity contribution in [3.05, 3.63) is 17.2 Å². The Morgan fingerprint density at radius 1 is 1.32 bits per heavy atom. The summed E-state index contributed by atoms with van der Waals surface area (Å²) in [6.07, 6.45) is 2.65. The number of aromatic amines is 1. The molecule has 106 valence electrons. The molecule has 1 aromatic rings. The van der Waals surface area contributed by atoms with Gasteiger partial charge in [0, 0.05) is 30.1 Å². The predicted molar refractivity (Wildman–Crippen MR) is 76.0 cm³/mol. The third-order valence-corrected chi connectivity index (χ3v) is 3.88. The summed E-state index contributed by atoms with van der Waals surface area (Å²) < 4.78 is 0. The molecule has 1 amide bonds. The maximum Gasteiger partial charge on any atom is 0.226 e. The Hall–Kier alpha value is -1.32. The fourth-order valence-corrected chi connectivity index (χ4v) is 3.15. The first-order chi connectivity index (χ1) is 8.90. The van der Waals surface area contributed by atoms with Crippen molar-refractivity contribution in [3.63, 3.8) is 0 Å². The molecule has 0 spiro atoms. The first-order valence-corrected chi connectivity index (χ1v) is 7.26. The average molecular weight is 263 g/mol. The van der Waals surface area contributed by atoms with Crippen LogP contribution in [0.4, 0.5) is 0 Å². The van der Waals surface area contributed by atoms with Crippen LogP contribution in [0.2, 0.25) is 0 Å². The van der Waals surface area contributed by atoms with Gasteiger partial charge in [-0.2, -0.15) is 0 Å². The van der Waals surface area contributed by atoms with Crippen molar-refractivity contribution in [1.82, 2.24) is 14.9 Å². The maximum atomic E-state index is 12.7. The highest BCUT2D eigenvalue weighted by Gasteiger charge is 2.31. The summed E-state index contributed by atoms with van der Waals surface area (Å²) in [6, 6.07) is 0.523. The number of carbonyl (C=O) groups is 1. The fourth-order valence-electron chi connectivity index (χ4n) is 3.15. The van der Waals surface area contributed by atoms with Gasteiger partial charge in [0.15, 0.2) is 0 Å². The van der Waals surface area contributed by atoms with Crippen LogP contribution < -0.4 is 0 Å². The van der Waals surface area contributed by atoms with Crippen molar-refractivity contribution in [2.24, 2.45) is 5.92 Å². The predicted octanol–water partition coefficient (Wildman–Crippen LogP) is 2.47. The molecule has 1 N–H and O–H groups in total. The summed E-state index contributed by atoms with van der Waals surface area (Å²) in [5, 5.41) is 0. The summed E-state index contributed by atoms with van der Waals surface area (Å²) in [5.74, 6) is 1.36. The summed E-state index contributed by atoms with van der Waals surface area (Å²) in [5.41, 5.74) is 2.32. The van der Waals surface area contributed by atoms with E-state index < -0.39 is 0 Å². The number of H-pyrrole nitrogens is 1. The van der Waals surface area contributed by atoms with Crippen LogP contribution in [0.5, 0.6) is 0 Å². The molecule has 1 aromatic heterocycles. The number of hydrogen-bond acceptors (Lipinski definition) is 2. The molecule has 0 fully saturated rings. The molecule has 1 unspecified atom stereocenters. The number of aryl methyl sites for hydroxylation is 2. The topological polar surface area (TPSA) is 49.0 Å². The Balaban J connectivity index is 2.13. The zero-order valence-corrected chi connectivity index (χ0v) is 12.7. The maximum absolute atomic E-state index is 12.7. The van der Waals surface area contributed by atoms with Crippen LogP contribution in [-0.4, -0.2) is 32.9 Å². The number of nitrogens with zero attached hydrogens (tertiary/aromatic N) is 2. The van der Waals surface area contributed by atoms with Crippen molar-refractivity contribution in [2.45, 2.75) is 66.0 Å². The highest BCUT2D eigenvalue weighted by atomic mass is 16.2. The molecule has 1 aliphatic rings. The van der Waals surface area contributed by atoms with Gasteiger partial charge in [-0.1, -0.05) is 0 Å². The zero-order valence-electron chi connectivity index (χ0n) is 12.7. The van der Waals surface area contributed by atoms with E-state index in [2.05, 4.69) is 37.7 Å². The molecule has 0 aromatic carbocycles. The van der Waals surface area contributed by atoms with Gasteiger partial charge >= 0.3 is 0 Å². The summed E-state index contributed by atoms with van der Waals surface area (Å²) in [6.45, 7) is 10.3. The normalized spacial score (nSPS) is 18.8. The van der Waals surface area contributed by atoms with Gasteiger partial charge in [-0.25, -0.2) is 4.98 Å². The molecule has 0 radical (unpaired) electrons. The van der Waals surface area contributed by atoms with Crippen molar-refractivity contribution in [3.8, 4) is 0 Å². The molecule has 4 nitrogen and oxygen atoms in total. The number of aromatic nitrogens is 2. The number of nitrogens with one attached hydrogen (secondary N) is 1. The molecule has 1 atom stereocenters. The quantitative estimate of drug-likeness (QED) is 0.910. The molecule has 19 heavy (non-hydrogen) atoms. The van der Waals surface area contributed by atoms with Crippen molar-refractivity contribution in [1.29, 1.82) is 0 Å². The molecular weight excluding hydrogens is 238 g/mol. The van der Waals surface area contributed by atoms with Gasteiger partial charge in [0.2, 0.25) is 5.91 Å². The van der Waals surface area contributed by atoms with E-state index in [0.717, 1.165) is 36.5 Å². The Kier molecular flexibility index (Phi) is 3.97. The van der Waals surface area contributed by atoms with Crippen LogP contribution in [0.25, 0.3) is 0 Å². The Labute approximate surface area is 115 Å². The molecule has 2 rings (SSSR count). The van der Waals surface area contributed by atoms with E-state index in [1.54, 1.807) is 0 Å². The smallest absolute Gasteiger partial charge is 0.226 e. The lowest BCUT2D eigenvalue weighted by Gasteiger charge is -2.35. The van der Waals surface area contributed by atoms with E-state index >= 15 is 0 Å². The highest BCUT2D eigenvalue weighted by molar-refractivity contribution is 5.80. The van der Waals surface area contributed by atoms with E-state index in [9.17, 15) is 4.79 Å². The molecule has 0 saturated heterocycles. The summed E-state index contributed by atoms with van der Waals surface area (Å²) in [4.78, 5) is 22.5. The van der Waals surface area contributed by atoms with Crippen molar-refractivity contribution in [2.75, 3.05) is 0 Å². The van der Waals surface area contributed by atoms with Crippen molar-refractivity contribution >= 4 is 5.91 Å². The lowest BCUT2D eigenvalue weighted by Crippen LogP contribution is -2.46. The fraction of sp³-hybridized carbons (Fsp3) is 0.733. The first kappa shape index (κ1) is 14.1. The molecule has 0 aliphatic heterocycles. The number of imidazole rings is 1. The number of fused-ring (bicyclic) bond motifs is 1. The Morgan fingerprint density at radius 2 is 1.95 bits per heavy atom. The number of amides is 1. The molecule has 0 bridgehead atoms. The lowest BCUT2D eigenvalue weighted by molar-refractivity contribution is -0.139. The van der Waals surface area contributed by atoms with Gasteiger partial charge in [0.25, 0.3) is 0 Å². The van der Waals surface area contributed by atoms with Gasteiger partial charge in [0.1, 0.15) is 5.82 Å². The Bertz CT molecular complexity index is 454. The second kappa shape index (κ2) is 5.35. The molecule has 0 saturated carbocycles.